The van der Waals surface area contributed by atoms with Gasteiger partial charge in [0.05, 0.1) is 6.10 Å². The predicted octanol–water partition coefficient (Wildman–Crippen LogP) is 4.23. The molecule has 0 aliphatic carbocycles. The van der Waals surface area contributed by atoms with E-state index in [1.165, 1.54) is 0 Å². The van der Waals surface area contributed by atoms with Crippen molar-refractivity contribution in [1.29, 1.82) is 0 Å². The number of carbonyl (C=O) groups excluding carboxylic acids is 1. The summed E-state index contributed by atoms with van der Waals surface area (Å²) in [5, 5.41) is 20.7. The Morgan fingerprint density at radius 1 is 1.22 bits per heavy atom. The largest absolute Gasteiger partial charge is 0.444 e. The number of amides is 1. The van der Waals surface area contributed by atoms with Gasteiger partial charge in [0.25, 0.3) is 0 Å². The molecule has 1 aliphatic heterocycles. The van der Waals surface area contributed by atoms with Crippen LogP contribution in [-0.4, -0.2) is 52.3 Å². The van der Waals surface area contributed by atoms with E-state index in [2.05, 4.69) is 0 Å². The minimum Gasteiger partial charge on any atom is -0.444 e. The molecule has 2 atom stereocenters. The molecule has 0 radical (unpaired) electrons. The number of rotatable bonds is 6. The van der Waals surface area contributed by atoms with E-state index < -0.39 is 17.8 Å². The summed E-state index contributed by atoms with van der Waals surface area (Å²) in [6, 6.07) is 7.67. The van der Waals surface area contributed by atoms with Gasteiger partial charge in [0.1, 0.15) is 11.7 Å². The van der Waals surface area contributed by atoms with Gasteiger partial charge in [-0.2, -0.15) is 0 Å². The van der Waals surface area contributed by atoms with Crippen LogP contribution < -0.4 is 0 Å². The van der Waals surface area contributed by atoms with Crippen molar-refractivity contribution in [2.45, 2.75) is 69.2 Å². The van der Waals surface area contributed by atoms with E-state index in [0.717, 1.165) is 29.7 Å². The SMILES string of the molecule is CSc1ccc(C(O)C(O)CCC2CCN(C(=O)OC(C)(C)C)CC2)cc1. The molecule has 1 amide bonds. The molecule has 1 saturated heterocycles. The maximum atomic E-state index is 12.1. The molecule has 2 N–H and O–H groups in total. The van der Waals surface area contributed by atoms with Crippen LogP contribution >= 0.6 is 11.8 Å². The average Bonchev–Trinajstić information content (AvgIpc) is 2.64. The first-order chi connectivity index (χ1) is 12.7. The number of carbonyl (C=O) groups is 1. The maximum Gasteiger partial charge on any atom is 0.410 e. The van der Waals surface area contributed by atoms with Crippen LogP contribution in [0.3, 0.4) is 0 Å². The number of likely N-dealkylation sites (tertiary alicyclic amines) is 1. The normalized spacial score (nSPS) is 18.2. The topological polar surface area (TPSA) is 70.0 Å². The monoisotopic (exact) mass is 395 g/mol. The van der Waals surface area contributed by atoms with Gasteiger partial charge in [-0.15, -0.1) is 11.8 Å². The minimum absolute atomic E-state index is 0.245. The van der Waals surface area contributed by atoms with Crippen molar-refractivity contribution in [2.24, 2.45) is 5.92 Å². The van der Waals surface area contributed by atoms with E-state index >= 15 is 0 Å². The molecule has 0 bridgehead atoms. The number of aliphatic hydroxyl groups excluding tert-OH is 2. The third-order valence-corrected chi connectivity index (χ3v) is 5.70. The van der Waals surface area contributed by atoms with E-state index in [1.807, 2.05) is 51.3 Å². The lowest BCUT2D eigenvalue weighted by atomic mass is 9.89. The number of piperidine rings is 1. The molecule has 27 heavy (non-hydrogen) atoms. The molecular formula is C21H33NO4S. The van der Waals surface area contributed by atoms with Gasteiger partial charge in [-0.3, -0.25) is 0 Å². The van der Waals surface area contributed by atoms with Gasteiger partial charge in [-0.1, -0.05) is 12.1 Å². The Balaban J connectivity index is 1.74. The van der Waals surface area contributed by atoms with E-state index in [0.29, 0.717) is 25.4 Å². The Morgan fingerprint density at radius 3 is 2.33 bits per heavy atom. The smallest absolute Gasteiger partial charge is 0.410 e. The Hall–Kier alpha value is -1.24. The molecule has 2 rings (SSSR count). The summed E-state index contributed by atoms with van der Waals surface area (Å²) in [4.78, 5) is 15.0. The van der Waals surface area contributed by atoms with Crippen LogP contribution in [0.25, 0.3) is 0 Å². The van der Waals surface area contributed by atoms with Crippen LogP contribution in [0, 0.1) is 5.92 Å². The van der Waals surface area contributed by atoms with Gasteiger partial charge in [0, 0.05) is 18.0 Å². The molecule has 0 aromatic heterocycles. The van der Waals surface area contributed by atoms with Crippen LogP contribution in [0.1, 0.15) is 58.1 Å². The summed E-state index contributed by atoms with van der Waals surface area (Å²) in [7, 11) is 0. The summed E-state index contributed by atoms with van der Waals surface area (Å²) in [6.07, 6.45) is 3.36. The van der Waals surface area contributed by atoms with E-state index in [-0.39, 0.29) is 6.09 Å². The van der Waals surface area contributed by atoms with Crippen LogP contribution in [-0.2, 0) is 4.74 Å². The number of nitrogens with zero attached hydrogens (tertiary/aromatic N) is 1. The predicted molar refractivity (Wildman–Crippen MR) is 109 cm³/mol. The lowest BCUT2D eigenvalue weighted by Gasteiger charge is -2.33. The molecule has 1 aromatic rings. The molecule has 0 spiro atoms. The number of ether oxygens (including phenoxy) is 1. The summed E-state index contributed by atoms with van der Waals surface area (Å²) >= 11 is 1.65. The summed E-state index contributed by atoms with van der Waals surface area (Å²) in [6.45, 7) is 7.00. The van der Waals surface area contributed by atoms with E-state index in [1.54, 1.807) is 16.7 Å². The second-order valence-corrected chi connectivity index (χ2v) is 9.15. The quantitative estimate of drug-likeness (QED) is 0.706. The molecule has 5 nitrogen and oxygen atoms in total. The third-order valence-electron chi connectivity index (χ3n) is 4.96. The van der Waals surface area contributed by atoms with E-state index in [4.69, 9.17) is 4.74 Å². The zero-order valence-electron chi connectivity index (χ0n) is 16.9. The molecular weight excluding hydrogens is 362 g/mol. The lowest BCUT2D eigenvalue weighted by Crippen LogP contribution is -2.41. The average molecular weight is 396 g/mol. The molecule has 6 heteroatoms. The van der Waals surface area contributed by atoms with Crippen molar-refractivity contribution in [1.82, 2.24) is 4.90 Å². The first-order valence-corrected chi connectivity index (χ1v) is 10.9. The Bertz CT molecular complexity index is 591. The Morgan fingerprint density at radius 2 is 1.81 bits per heavy atom. The number of thioether (sulfide) groups is 1. The summed E-state index contributed by atoms with van der Waals surface area (Å²) < 4.78 is 5.42. The highest BCUT2D eigenvalue weighted by Gasteiger charge is 2.27. The van der Waals surface area contributed by atoms with Gasteiger partial charge in [-0.25, -0.2) is 4.79 Å². The molecule has 1 heterocycles. The first kappa shape index (κ1) is 22.1. The molecule has 152 valence electrons. The van der Waals surface area contributed by atoms with Crippen molar-refractivity contribution in [3.05, 3.63) is 29.8 Å². The second kappa shape index (κ2) is 9.80. The standard InChI is InChI=1S/C21H33NO4S/c1-21(2,3)26-20(25)22-13-11-15(12-14-22)5-10-18(23)19(24)16-6-8-17(27-4)9-7-16/h6-9,15,18-19,23-24H,5,10-14H2,1-4H3. The first-order valence-electron chi connectivity index (χ1n) is 9.67. The van der Waals surface area contributed by atoms with E-state index in [9.17, 15) is 15.0 Å². The fraction of sp³-hybridized carbons (Fsp3) is 0.667. The number of benzene rings is 1. The number of hydrogen-bond donors (Lipinski definition) is 2. The van der Waals surface area contributed by atoms with Crippen molar-refractivity contribution >= 4 is 17.9 Å². The molecule has 2 unspecified atom stereocenters. The van der Waals surface area contributed by atoms with Crippen LogP contribution in [0.4, 0.5) is 4.79 Å². The molecule has 1 aliphatic rings. The minimum atomic E-state index is -0.859. The Kier molecular flexibility index (Phi) is 8.01. The van der Waals surface area contributed by atoms with Gasteiger partial charge in [0.15, 0.2) is 0 Å². The highest BCUT2D eigenvalue weighted by Crippen LogP contribution is 2.28. The van der Waals surface area contributed by atoms with Crippen molar-refractivity contribution in [3.63, 3.8) is 0 Å². The van der Waals surface area contributed by atoms with Crippen molar-refractivity contribution < 1.29 is 19.7 Å². The zero-order chi connectivity index (χ0) is 20.0. The summed E-state index contributed by atoms with van der Waals surface area (Å²) in [5.74, 6) is 0.462. The fourth-order valence-corrected chi connectivity index (χ4v) is 3.73. The number of aliphatic hydroxyl groups is 2. The van der Waals surface area contributed by atoms with Crippen LogP contribution in [0.15, 0.2) is 29.2 Å². The fourth-order valence-electron chi connectivity index (χ4n) is 3.32. The van der Waals surface area contributed by atoms with Gasteiger partial charge >= 0.3 is 6.09 Å². The van der Waals surface area contributed by atoms with Crippen LogP contribution in [0.2, 0.25) is 0 Å². The molecule has 0 saturated carbocycles. The highest BCUT2D eigenvalue weighted by molar-refractivity contribution is 7.98. The summed E-state index contributed by atoms with van der Waals surface area (Å²) in [5.41, 5.74) is 0.280. The van der Waals surface area contributed by atoms with Gasteiger partial charge in [0.2, 0.25) is 0 Å². The lowest BCUT2D eigenvalue weighted by molar-refractivity contribution is 0.00441. The second-order valence-electron chi connectivity index (χ2n) is 8.27. The number of hydrogen-bond acceptors (Lipinski definition) is 5. The van der Waals surface area contributed by atoms with Crippen molar-refractivity contribution in [3.8, 4) is 0 Å². The molecule has 1 aromatic carbocycles. The highest BCUT2D eigenvalue weighted by atomic mass is 32.2. The van der Waals surface area contributed by atoms with Crippen molar-refractivity contribution in [2.75, 3.05) is 19.3 Å². The maximum absolute atomic E-state index is 12.1. The molecule has 1 fully saturated rings. The van der Waals surface area contributed by atoms with Gasteiger partial charge in [-0.05, 0) is 76.3 Å². The van der Waals surface area contributed by atoms with Gasteiger partial charge < -0.3 is 19.8 Å². The third kappa shape index (κ3) is 7.01. The van der Waals surface area contributed by atoms with Crippen LogP contribution in [0.5, 0.6) is 0 Å². The Labute approximate surface area is 167 Å². The zero-order valence-corrected chi connectivity index (χ0v) is 17.7.